The number of anilines is 1. The maximum absolute atomic E-state index is 8.79. The Morgan fingerprint density at radius 3 is 2.44 bits per heavy atom. The van der Waals surface area contributed by atoms with Crippen molar-refractivity contribution >= 4 is 5.69 Å². The summed E-state index contributed by atoms with van der Waals surface area (Å²) in [6.07, 6.45) is 6.73. The van der Waals surface area contributed by atoms with Crippen LogP contribution in [0.25, 0.3) is 0 Å². The lowest BCUT2D eigenvalue weighted by molar-refractivity contribution is 0.371. The average Bonchev–Trinajstić information content (AvgIpc) is 2.46. The third-order valence-electron chi connectivity index (χ3n) is 3.94. The fourth-order valence-corrected chi connectivity index (χ4v) is 2.72. The van der Waals surface area contributed by atoms with Crippen LogP contribution in [0, 0.1) is 17.2 Å². The maximum atomic E-state index is 8.79. The number of hydrogen-bond acceptors (Lipinski definition) is 2. The predicted octanol–water partition coefficient (Wildman–Crippen LogP) is 3.96. The van der Waals surface area contributed by atoms with E-state index in [1.54, 1.807) is 0 Å². The first-order valence-electron chi connectivity index (χ1n) is 7.08. The van der Waals surface area contributed by atoms with Crippen molar-refractivity contribution in [3.63, 3.8) is 0 Å². The number of rotatable bonds is 4. The zero-order valence-corrected chi connectivity index (χ0v) is 11.2. The Labute approximate surface area is 110 Å². The quantitative estimate of drug-likeness (QED) is 0.799. The Bertz CT molecular complexity index is 394. The second-order valence-corrected chi connectivity index (χ2v) is 5.23. The normalized spacial score (nSPS) is 16.6. The molecule has 0 aromatic heterocycles. The van der Waals surface area contributed by atoms with Crippen LogP contribution in [0.1, 0.15) is 44.6 Å². The lowest BCUT2D eigenvalue weighted by Crippen LogP contribution is -2.33. The summed E-state index contributed by atoms with van der Waals surface area (Å²) >= 11 is 0. The third-order valence-corrected chi connectivity index (χ3v) is 3.94. The zero-order valence-electron chi connectivity index (χ0n) is 11.2. The van der Waals surface area contributed by atoms with Crippen molar-refractivity contribution < 1.29 is 0 Å². The minimum absolute atomic E-state index is 0.747. The van der Waals surface area contributed by atoms with E-state index in [4.69, 9.17) is 5.26 Å². The Morgan fingerprint density at radius 1 is 1.22 bits per heavy atom. The van der Waals surface area contributed by atoms with Gasteiger partial charge < -0.3 is 4.90 Å². The second-order valence-electron chi connectivity index (χ2n) is 5.23. The highest BCUT2D eigenvalue weighted by Gasteiger charge is 2.18. The molecule has 1 heterocycles. The van der Waals surface area contributed by atoms with Gasteiger partial charge in [-0.25, -0.2) is 0 Å². The molecule has 0 amide bonds. The summed E-state index contributed by atoms with van der Waals surface area (Å²) < 4.78 is 0. The highest BCUT2D eigenvalue weighted by atomic mass is 15.1. The van der Waals surface area contributed by atoms with E-state index >= 15 is 0 Å². The summed E-state index contributed by atoms with van der Waals surface area (Å²) in [5, 5.41) is 8.79. The number of unbranched alkanes of at least 4 members (excludes halogenated alkanes) is 1. The fraction of sp³-hybridized carbons (Fsp3) is 0.562. The molecule has 1 fully saturated rings. The van der Waals surface area contributed by atoms with Gasteiger partial charge in [-0.3, -0.25) is 0 Å². The molecule has 2 nitrogen and oxygen atoms in total. The SMILES string of the molecule is CCCCC1CCN(c2ccc(C#N)cc2)CC1. The summed E-state index contributed by atoms with van der Waals surface area (Å²) in [5.74, 6) is 0.930. The molecule has 2 heteroatoms. The van der Waals surface area contributed by atoms with Crippen molar-refractivity contribution in [1.29, 1.82) is 5.26 Å². The van der Waals surface area contributed by atoms with Crippen LogP contribution in [0.5, 0.6) is 0 Å². The van der Waals surface area contributed by atoms with Crippen LogP contribution in [0.4, 0.5) is 5.69 Å². The van der Waals surface area contributed by atoms with Gasteiger partial charge in [0.1, 0.15) is 0 Å². The molecule has 1 aromatic carbocycles. The first-order valence-corrected chi connectivity index (χ1v) is 7.08. The van der Waals surface area contributed by atoms with Gasteiger partial charge in [-0.05, 0) is 43.0 Å². The largest absolute Gasteiger partial charge is 0.372 e. The monoisotopic (exact) mass is 242 g/mol. The van der Waals surface area contributed by atoms with E-state index < -0.39 is 0 Å². The molecule has 1 saturated heterocycles. The molecule has 0 atom stereocenters. The van der Waals surface area contributed by atoms with Crippen molar-refractivity contribution in [3.05, 3.63) is 29.8 Å². The molecule has 96 valence electrons. The molecule has 1 aliphatic rings. The minimum Gasteiger partial charge on any atom is -0.372 e. The molecule has 1 aliphatic heterocycles. The van der Waals surface area contributed by atoms with E-state index in [0.29, 0.717) is 0 Å². The molecule has 0 saturated carbocycles. The van der Waals surface area contributed by atoms with Gasteiger partial charge in [-0.2, -0.15) is 5.26 Å². The molecule has 0 aliphatic carbocycles. The Kier molecular flexibility index (Phi) is 4.64. The van der Waals surface area contributed by atoms with Crippen molar-refractivity contribution in [3.8, 4) is 6.07 Å². The lowest BCUT2D eigenvalue weighted by atomic mass is 9.91. The first-order chi connectivity index (χ1) is 8.83. The van der Waals surface area contributed by atoms with Crippen molar-refractivity contribution in [2.24, 2.45) is 5.92 Å². The topological polar surface area (TPSA) is 27.0 Å². The Hall–Kier alpha value is -1.49. The van der Waals surface area contributed by atoms with Gasteiger partial charge >= 0.3 is 0 Å². The third kappa shape index (κ3) is 3.26. The summed E-state index contributed by atoms with van der Waals surface area (Å²) in [6.45, 7) is 4.60. The lowest BCUT2D eigenvalue weighted by Gasteiger charge is -2.33. The Morgan fingerprint density at radius 2 is 1.89 bits per heavy atom. The molecule has 0 bridgehead atoms. The van der Waals surface area contributed by atoms with Gasteiger partial charge in [0, 0.05) is 18.8 Å². The first kappa shape index (κ1) is 13.0. The highest BCUT2D eigenvalue weighted by Crippen LogP contribution is 2.26. The predicted molar refractivity (Wildman–Crippen MR) is 75.6 cm³/mol. The molecular weight excluding hydrogens is 220 g/mol. The number of benzene rings is 1. The van der Waals surface area contributed by atoms with Crippen LogP contribution in [-0.2, 0) is 0 Å². The van der Waals surface area contributed by atoms with E-state index in [1.165, 1.54) is 50.9 Å². The molecule has 0 N–H and O–H groups in total. The van der Waals surface area contributed by atoms with Gasteiger partial charge in [0.25, 0.3) is 0 Å². The highest BCUT2D eigenvalue weighted by molar-refractivity contribution is 5.49. The summed E-state index contributed by atoms with van der Waals surface area (Å²) in [4.78, 5) is 2.45. The van der Waals surface area contributed by atoms with Crippen molar-refractivity contribution in [2.45, 2.75) is 39.0 Å². The van der Waals surface area contributed by atoms with Gasteiger partial charge in [-0.15, -0.1) is 0 Å². The standard InChI is InChI=1S/C16H22N2/c1-2-3-4-14-9-11-18(12-10-14)16-7-5-15(13-17)6-8-16/h5-8,14H,2-4,9-12H2,1H3. The number of nitriles is 1. The van der Waals surface area contributed by atoms with Crippen LogP contribution in [0.3, 0.4) is 0 Å². The van der Waals surface area contributed by atoms with Crippen LogP contribution in [-0.4, -0.2) is 13.1 Å². The van der Waals surface area contributed by atoms with Crippen LogP contribution >= 0.6 is 0 Å². The number of piperidine rings is 1. The fourth-order valence-electron chi connectivity index (χ4n) is 2.72. The average molecular weight is 242 g/mol. The van der Waals surface area contributed by atoms with E-state index in [0.717, 1.165) is 11.5 Å². The van der Waals surface area contributed by atoms with E-state index in [9.17, 15) is 0 Å². The number of hydrogen-bond donors (Lipinski definition) is 0. The van der Waals surface area contributed by atoms with E-state index in [2.05, 4.69) is 30.0 Å². The van der Waals surface area contributed by atoms with E-state index in [1.807, 2.05) is 12.1 Å². The molecule has 0 unspecified atom stereocenters. The van der Waals surface area contributed by atoms with Gasteiger partial charge in [0.05, 0.1) is 11.6 Å². The minimum atomic E-state index is 0.747. The maximum Gasteiger partial charge on any atom is 0.0991 e. The summed E-state index contributed by atoms with van der Waals surface area (Å²) in [7, 11) is 0. The molecule has 18 heavy (non-hydrogen) atoms. The molecule has 2 rings (SSSR count). The van der Waals surface area contributed by atoms with Crippen molar-refractivity contribution in [1.82, 2.24) is 0 Å². The number of nitrogens with zero attached hydrogens (tertiary/aromatic N) is 2. The summed E-state index contributed by atoms with van der Waals surface area (Å²) in [6, 6.07) is 10.1. The van der Waals surface area contributed by atoms with Gasteiger partial charge in [-0.1, -0.05) is 26.2 Å². The molecule has 1 aromatic rings. The van der Waals surface area contributed by atoms with Gasteiger partial charge in [0.2, 0.25) is 0 Å². The molecule has 0 spiro atoms. The van der Waals surface area contributed by atoms with Crippen LogP contribution < -0.4 is 4.90 Å². The zero-order chi connectivity index (χ0) is 12.8. The van der Waals surface area contributed by atoms with Gasteiger partial charge in [0.15, 0.2) is 0 Å². The smallest absolute Gasteiger partial charge is 0.0991 e. The summed E-state index contributed by atoms with van der Waals surface area (Å²) in [5.41, 5.74) is 2.01. The second kappa shape index (κ2) is 6.44. The van der Waals surface area contributed by atoms with Crippen LogP contribution in [0.15, 0.2) is 24.3 Å². The van der Waals surface area contributed by atoms with Crippen LogP contribution in [0.2, 0.25) is 0 Å². The van der Waals surface area contributed by atoms with Crippen molar-refractivity contribution in [2.75, 3.05) is 18.0 Å². The Balaban J connectivity index is 1.87. The molecular formula is C16H22N2. The molecule has 0 radical (unpaired) electrons. The van der Waals surface area contributed by atoms with E-state index in [-0.39, 0.29) is 0 Å².